The van der Waals surface area contributed by atoms with Gasteiger partial charge in [0.15, 0.2) is 5.82 Å². The van der Waals surface area contributed by atoms with Crippen LogP contribution < -0.4 is 15.5 Å². The van der Waals surface area contributed by atoms with Crippen molar-refractivity contribution in [2.75, 3.05) is 69.4 Å². The maximum Gasteiger partial charge on any atom is 0.319 e. The molecule has 3 aliphatic heterocycles. The third kappa shape index (κ3) is 5.72. The molecule has 0 radical (unpaired) electrons. The van der Waals surface area contributed by atoms with Crippen molar-refractivity contribution in [3.63, 3.8) is 0 Å². The Bertz CT molecular complexity index is 1090. The molecule has 200 valence electrons. The van der Waals surface area contributed by atoms with Crippen molar-refractivity contribution in [3.05, 3.63) is 35.5 Å². The number of carbonyl (C=O) groups is 1. The van der Waals surface area contributed by atoms with Gasteiger partial charge >= 0.3 is 6.03 Å². The molecule has 4 heterocycles. The minimum Gasteiger partial charge on any atom is -0.379 e. The normalized spacial score (nSPS) is 24.1. The molecule has 0 aliphatic carbocycles. The minimum absolute atomic E-state index is 0.212. The maximum atomic E-state index is 11.9. The van der Waals surface area contributed by atoms with Gasteiger partial charge in [0, 0.05) is 49.5 Å². The fraction of sp³-hybridized carbons (Fsp3) is 0.593. The Labute approximate surface area is 218 Å². The van der Waals surface area contributed by atoms with Crippen molar-refractivity contribution in [1.82, 2.24) is 20.2 Å². The molecule has 2 N–H and O–H groups in total. The van der Waals surface area contributed by atoms with E-state index in [9.17, 15) is 4.79 Å². The van der Waals surface area contributed by atoms with E-state index in [2.05, 4.69) is 34.3 Å². The van der Waals surface area contributed by atoms with E-state index in [1.54, 1.807) is 0 Å². The zero-order valence-electron chi connectivity index (χ0n) is 22.1. The van der Waals surface area contributed by atoms with Crippen LogP contribution in [0.5, 0.6) is 0 Å². The molecule has 1 aromatic carbocycles. The van der Waals surface area contributed by atoms with Crippen LogP contribution in [0.1, 0.15) is 38.4 Å². The Morgan fingerprint density at radius 1 is 1.11 bits per heavy atom. The quantitative estimate of drug-likeness (QED) is 0.586. The SMILES string of the molecule is CCNC(=O)Nc1ccc(-c2nc(N3CCOC[C@@H]3C)c3c(n2)[C@](C)(CCN2CCOCC2)OC3)cc1. The largest absolute Gasteiger partial charge is 0.379 e. The molecular weight excluding hydrogens is 472 g/mol. The predicted octanol–water partition coefficient (Wildman–Crippen LogP) is 2.98. The number of aromatic nitrogens is 2. The lowest BCUT2D eigenvalue weighted by Gasteiger charge is -2.35. The first-order chi connectivity index (χ1) is 18.0. The number of hydrogen-bond donors (Lipinski definition) is 2. The lowest BCUT2D eigenvalue weighted by Crippen LogP contribution is -2.44. The fourth-order valence-electron chi connectivity index (χ4n) is 5.18. The van der Waals surface area contributed by atoms with Gasteiger partial charge in [-0.05, 0) is 51.5 Å². The molecule has 2 aromatic rings. The van der Waals surface area contributed by atoms with Crippen LogP contribution in [0, 0.1) is 0 Å². The standard InChI is InChI=1S/C27H38N6O4/c1-4-28-26(34)29-21-7-5-20(6-8-21)24-30-23-22(25(31-24)33-13-16-36-17-19(33)2)18-37-27(23,3)9-10-32-11-14-35-15-12-32/h5-8,19H,4,9-18H2,1-3H3,(H2,28,29,34)/t19-,27-/m0/s1. The van der Waals surface area contributed by atoms with Gasteiger partial charge in [-0.1, -0.05) is 0 Å². The predicted molar refractivity (Wildman–Crippen MR) is 142 cm³/mol. The number of nitrogens with zero attached hydrogens (tertiary/aromatic N) is 4. The molecule has 1 aromatic heterocycles. The molecule has 10 nitrogen and oxygen atoms in total. The molecule has 0 spiro atoms. The number of rotatable bonds is 7. The number of ether oxygens (including phenoxy) is 3. The van der Waals surface area contributed by atoms with Crippen molar-refractivity contribution in [3.8, 4) is 11.4 Å². The van der Waals surface area contributed by atoms with Gasteiger partial charge in [-0.15, -0.1) is 0 Å². The number of nitrogens with one attached hydrogen (secondary N) is 2. The van der Waals surface area contributed by atoms with Gasteiger partial charge in [0.2, 0.25) is 0 Å². The summed E-state index contributed by atoms with van der Waals surface area (Å²) in [5.74, 6) is 1.61. The van der Waals surface area contributed by atoms with Gasteiger partial charge in [0.25, 0.3) is 0 Å². The highest BCUT2D eigenvalue weighted by atomic mass is 16.5. The zero-order valence-corrected chi connectivity index (χ0v) is 22.1. The minimum atomic E-state index is -0.491. The van der Waals surface area contributed by atoms with Crippen LogP contribution in [0.2, 0.25) is 0 Å². The number of fused-ring (bicyclic) bond motifs is 1. The van der Waals surface area contributed by atoms with Crippen molar-refractivity contribution >= 4 is 17.5 Å². The van der Waals surface area contributed by atoms with E-state index in [1.807, 2.05) is 31.2 Å². The van der Waals surface area contributed by atoms with Crippen molar-refractivity contribution in [2.24, 2.45) is 0 Å². The Morgan fingerprint density at radius 3 is 2.59 bits per heavy atom. The molecule has 5 rings (SSSR count). The molecule has 2 atom stereocenters. The third-order valence-corrected chi connectivity index (χ3v) is 7.41. The molecule has 2 amide bonds. The summed E-state index contributed by atoms with van der Waals surface area (Å²) in [5, 5.41) is 5.59. The Morgan fingerprint density at radius 2 is 1.86 bits per heavy atom. The van der Waals surface area contributed by atoms with Gasteiger partial charge in [0.05, 0.1) is 44.8 Å². The molecule has 3 aliphatic rings. The van der Waals surface area contributed by atoms with Crippen LogP contribution in [-0.2, 0) is 26.4 Å². The summed E-state index contributed by atoms with van der Waals surface area (Å²) in [5.41, 5.74) is 3.18. The van der Waals surface area contributed by atoms with E-state index in [0.717, 1.165) is 74.1 Å². The molecule has 10 heteroatoms. The third-order valence-electron chi connectivity index (χ3n) is 7.41. The molecule has 0 bridgehead atoms. The van der Waals surface area contributed by atoms with Crippen LogP contribution in [-0.4, -0.2) is 86.1 Å². The average molecular weight is 511 g/mol. The first-order valence-corrected chi connectivity index (χ1v) is 13.3. The second-order valence-corrected chi connectivity index (χ2v) is 10.1. The summed E-state index contributed by atoms with van der Waals surface area (Å²) in [6.07, 6.45) is 0.851. The second-order valence-electron chi connectivity index (χ2n) is 10.1. The van der Waals surface area contributed by atoms with Gasteiger partial charge < -0.3 is 29.7 Å². The van der Waals surface area contributed by atoms with Crippen molar-refractivity contribution < 1.29 is 19.0 Å². The van der Waals surface area contributed by atoms with Crippen LogP contribution >= 0.6 is 0 Å². The Balaban J connectivity index is 1.46. The molecule has 0 saturated carbocycles. The summed E-state index contributed by atoms with van der Waals surface area (Å²) in [4.78, 5) is 26.9. The van der Waals surface area contributed by atoms with E-state index >= 15 is 0 Å². The molecule has 0 unspecified atom stereocenters. The Kier molecular flexibility index (Phi) is 7.89. The second kappa shape index (κ2) is 11.3. The fourth-order valence-corrected chi connectivity index (χ4v) is 5.18. The number of benzene rings is 1. The van der Waals surface area contributed by atoms with E-state index in [0.29, 0.717) is 32.2 Å². The highest BCUT2D eigenvalue weighted by Crippen LogP contribution is 2.43. The average Bonchev–Trinajstić information content (AvgIpc) is 3.25. The van der Waals surface area contributed by atoms with E-state index in [-0.39, 0.29) is 12.1 Å². The molecule has 37 heavy (non-hydrogen) atoms. The molecule has 2 saturated heterocycles. The number of urea groups is 1. The number of carbonyl (C=O) groups excluding carboxylic acids is 1. The summed E-state index contributed by atoms with van der Waals surface area (Å²) in [6, 6.07) is 7.66. The van der Waals surface area contributed by atoms with Crippen LogP contribution in [0.15, 0.2) is 24.3 Å². The molecule has 2 fully saturated rings. The van der Waals surface area contributed by atoms with E-state index < -0.39 is 5.60 Å². The topological polar surface area (TPSA) is 101 Å². The highest BCUT2D eigenvalue weighted by molar-refractivity contribution is 5.89. The molecular formula is C27H38N6O4. The number of morpholine rings is 2. The zero-order chi connectivity index (χ0) is 25.8. The van der Waals surface area contributed by atoms with Crippen molar-refractivity contribution in [2.45, 2.75) is 45.4 Å². The van der Waals surface area contributed by atoms with Gasteiger partial charge in [-0.2, -0.15) is 0 Å². The number of amides is 2. The summed E-state index contributed by atoms with van der Waals surface area (Å²) < 4.78 is 17.7. The number of anilines is 2. The monoisotopic (exact) mass is 510 g/mol. The summed E-state index contributed by atoms with van der Waals surface area (Å²) in [7, 11) is 0. The lowest BCUT2D eigenvalue weighted by atomic mass is 9.95. The van der Waals surface area contributed by atoms with Crippen LogP contribution in [0.4, 0.5) is 16.3 Å². The van der Waals surface area contributed by atoms with Crippen LogP contribution in [0.25, 0.3) is 11.4 Å². The first-order valence-electron chi connectivity index (χ1n) is 13.3. The lowest BCUT2D eigenvalue weighted by molar-refractivity contribution is -0.0442. The van der Waals surface area contributed by atoms with Crippen LogP contribution in [0.3, 0.4) is 0 Å². The van der Waals surface area contributed by atoms with Gasteiger partial charge in [0.1, 0.15) is 11.4 Å². The summed E-state index contributed by atoms with van der Waals surface area (Å²) in [6.45, 7) is 13.8. The number of hydrogen-bond acceptors (Lipinski definition) is 8. The first kappa shape index (κ1) is 25.8. The van der Waals surface area contributed by atoms with Gasteiger partial charge in [-0.25, -0.2) is 14.8 Å². The summed E-state index contributed by atoms with van der Waals surface area (Å²) >= 11 is 0. The highest BCUT2D eigenvalue weighted by Gasteiger charge is 2.41. The van der Waals surface area contributed by atoms with Gasteiger partial charge in [-0.3, -0.25) is 4.90 Å². The van der Waals surface area contributed by atoms with Crippen molar-refractivity contribution in [1.29, 1.82) is 0 Å². The smallest absolute Gasteiger partial charge is 0.319 e. The van der Waals surface area contributed by atoms with E-state index in [4.69, 9.17) is 24.2 Å². The maximum absolute atomic E-state index is 11.9. The Hall–Kier alpha value is -2.79. The van der Waals surface area contributed by atoms with E-state index in [1.165, 1.54) is 0 Å².